The van der Waals surface area contributed by atoms with E-state index in [4.69, 9.17) is 0 Å². The highest BCUT2D eigenvalue weighted by molar-refractivity contribution is 5.49. The molecule has 2 fully saturated rings. The maximum Gasteiger partial charge on any atom is 0.269 e. The summed E-state index contributed by atoms with van der Waals surface area (Å²) in [6.45, 7) is 0. The van der Waals surface area contributed by atoms with Crippen LogP contribution in [-0.2, 0) is 0 Å². The van der Waals surface area contributed by atoms with Crippen molar-refractivity contribution in [3.8, 4) is 0 Å². The van der Waals surface area contributed by atoms with E-state index in [1.54, 1.807) is 12.1 Å². The van der Waals surface area contributed by atoms with Gasteiger partial charge in [0.15, 0.2) is 0 Å². The third-order valence-electron chi connectivity index (χ3n) is 3.67. The standard InChI is InChI=1S/C13H16N2O2/c16-15(17)12-7-5-11(6-8-12)14-13(9-1-2-9)10-3-4-10/h5-10,13-14H,1-4H2. The Bertz CT molecular complexity index is 410. The molecule has 0 aliphatic heterocycles. The zero-order chi connectivity index (χ0) is 11.8. The number of non-ortho nitro benzene ring substituents is 1. The molecule has 1 aromatic carbocycles. The fourth-order valence-corrected chi connectivity index (χ4v) is 2.40. The third kappa shape index (κ3) is 2.40. The van der Waals surface area contributed by atoms with Crippen molar-refractivity contribution in [1.82, 2.24) is 0 Å². The van der Waals surface area contributed by atoms with Crippen LogP contribution in [0.4, 0.5) is 11.4 Å². The van der Waals surface area contributed by atoms with Crippen LogP contribution in [-0.4, -0.2) is 11.0 Å². The van der Waals surface area contributed by atoms with Gasteiger partial charge in [0.25, 0.3) is 5.69 Å². The van der Waals surface area contributed by atoms with Crippen LogP contribution in [0.1, 0.15) is 25.7 Å². The number of benzene rings is 1. The number of hydrogen-bond acceptors (Lipinski definition) is 3. The number of nitro benzene ring substituents is 1. The van der Waals surface area contributed by atoms with Crippen molar-refractivity contribution >= 4 is 11.4 Å². The molecule has 4 nitrogen and oxygen atoms in total. The Balaban J connectivity index is 1.68. The van der Waals surface area contributed by atoms with E-state index in [-0.39, 0.29) is 10.6 Å². The Morgan fingerprint density at radius 3 is 2.06 bits per heavy atom. The Kier molecular flexibility index (Phi) is 2.50. The van der Waals surface area contributed by atoms with Gasteiger partial charge in [0, 0.05) is 23.9 Å². The summed E-state index contributed by atoms with van der Waals surface area (Å²) in [4.78, 5) is 10.2. The first kappa shape index (κ1) is 10.6. The molecule has 1 aromatic rings. The maximum absolute atomic E-state index is 10.6. The van der Waals surface area contributed by atoms with Crippen LogP contribution >= 0.6 is 0 Å². The fraction of sp³-hybridized carbons (Fsp3) is 0.538. The molecule has 2 aliphatic rings. The number of nitro groups is 1. The van der Waals surface area contributed by atoms with Crippen LogP contribution in [0.5, 0.6) is 0 Å². The van der Waals surface area contributed by atoms with Gasteiger partial charge in [0.05, 0.1) is 4.92 Å². The molecule has 0 spiro atoms. The van der Waals surface area contributed by atoms with E-state index in [9.17, 15) is 10.1 Å². The van der Waals surface area contributed by atoms with E-state index >= 15 is 0 Å². The van der Waals surface area contributed by atoms with Crippen molar-refractivity contribution in [2.45, 2.75) is 31.7 Å². The molecule has 0 saturated heterocycles. The molecule has 2 aliphatic carbocycles. The van der Waals surface area contributed by atoms with E-state index in [1.807, 2.05) is 12.1 Å². The smallest absolute Gasteiger partial charge is 0.269 e. The quantitative estimate of drug-likeness (QED) is 0.626. The summed E-state index contributed by atoms with van der Waals surface area (Å²) in [6, 6.07) is 7.36. The van der Waals surface area contributed by atoms with Gasteiger partial charge in [-0.05, 0) is 49.7 Å². The minimum absolute atomic E-state index is 0.157. The second kappa shape index (κ2) is 4.02. The molecule has 2 saturated carbocycles. The highest BCUT2D eigenvalue weighted by Crippen LogP contribution is 2.45. The van der Waals surface area contributed by atoms with Crippen LogP contribution in [0.15, 0.2) is 24.3 Å². The summed E-state index contributed by atoms with van der Waals surface area (Å²) in [5.74, 6) is 1.66. The van der Waals surface area contributed by atoms with Gasteiger partial charge in [0.2, 0.25) is 0 Å². The number of anilines is 1. The molecule has 0 unspecified atom stereocenters. The predicted molar refractivity (Wildman–Crippen MR) is 66.0 cm³/mol. The first-order chi connectivity index (χ1) is 8.24. The third-order valence-corrected chi connectivity index (χ3v) is 3.67. The highest BCUT2D eigenvalue weighted by Gasteiger charge is 2.41. The van der Waals surface area contributed by atoms with Gasteiger partial charge >= 0.3 is 0 Å². The molecule has 3 rings (SSSR count). The Hall–Kier alpha value is -1.58. The number of hydrogen-bond donors (Lipinski definition) is 1. The van der Waals surface area contributed by atoms with Crippen molar-refractivity contribution < 1.29 is 4.92 Å². The lowest BCUT2D eigenvalue weighted by molar-refractivity contribution is -0.384. The number of nitrogens with one attached hydrogen (secondary N) is 1. The molecule has 1 N–H and O–H groups in total. The van der Waals surface area contributed by atoms with Gasteiger partial charge in [-0.2, -0.15) is 0 Å². The molecule has 0 heterocycles. The molecule has 17 heavy (non-hydrogen) atoms. The van der Waals surface area contributed by atoms with Gasteiger partial charge in [-0.1, -0.05) is 0 Å². The first-order valence-electron chi connectivity index (χ1n) is 6.25. The minimum atomic E-state index is -0.358. The number of rotatable bonds is 5. The van der Waals surface area contributed by atoms with Crippen molar-refractivity contribution in [2.24, 2.45) is 11.8 Å². The van der Waals surface area contributed by atoms with Crippen LogP contribution < -0.4 is 5.32 Å². The zero-order valence-corrected chi connectivity index (χ0v) is 9.63. The summed E-state index contributed by atoms with van der Waals surface area (Å²) in [5.41, 5.74) is 1.17. The maximum atomic E-state index is 10.6. The molecule has 4 heteroatoms. The van der Waals surface area contributed by atoms with Crippen molar-refractivity contribution in [2.75, 3.05) is 5.32 Å². The molecule has 0 aromatic heterocycles. The molecule has 0 amide bonds. The molecule has 0 bridgehead atoms. The Morgan fingerprint density at radius 2 is 1.65 bits per heavy atom. The lowest BCUT2D eigenvalue weighted by atomic mass is 10.1. The van der Waals surface area contributed by atoms with Gasteiger partial charge in [-0.25, -0.2) is 0 Å². The molecule has 0 radical (unpaired) electrons. The predicted octanol–water partition coefficient (Wildman–Crippen LogP) is 3.20. The van der Waals surface area contributed by atoms with Crippen LogP contribution in [0, 0.1) is 22.0 Å². The van der Waals surface area contributed by atoms with Crippen LogP contribution in [0.25, 0.3) is 0 Å². The Labute approximate surface area is 100 Å². The van der Waals surface area contributed by atoms with Gasteiger partial charge in [-0.15, -0.1) is 0 Å². The second-order valence-electron chi connectivity index (χ2n) is 5.15. The minimum Gasteiger partial charge on any atom is -0.382 e. The zero-order valence-electron chi connectivity index (χ0n) is 9.63. The average molecular weight is 232 g/mol. The summed E-state index contributed by atoms with van der Waals surface area (Å²) >= 11 is 0. The summed E-state index contributed by atoms with van der Waals surface area (Å²) in [5, 5.41) is 14.1. The van der Waals surface area contributed by atoms with Crippen LogP contribution in [0.2, 0.25) is 0 Å². The molecule has 90 valence electrons. The van der Waals surface area contributed by atoms with Crippen molar-refractivity contribution in [3.05, 3.63) is 34.4 Å². The number of nitrogens with zero attached hydrogens (tertiary/aromatic N) is 1. The normalized spacial score (nSPS) is 19.4. The van der Waals surface area contributed by atoms with Gasteiger partial charge < -0.3 is 5.32 Å². The van der Waals surface area contributed by atoms with Crippen molar-refractivity contribution in [1.29, 1.82) is 0 Å². The SMILES string of the molecule is O=[N+]([O-])c1ccc(NC(C2CC2)C2CC2)cc1. The lowest BCUT2D eigenvalue weighted by Gasteiger charge is -2.18. The summed E-state index contributed by atoms with van der Waals surface area (Å²) in [7, 11) is 0. The largest absolute Gasteiger partial charge is 0.382 e. The van der Waals surface area contributed by atoms with E-state index in [2.05, 4.69) is 5.32 Å². The summed E-state index contributed by atoms with van der Waals surface area (Å²) < 4.78 is 0. The first-order valence-corrected chi connectivity index (χ1v) is 6.25. The molecule has 0 atom stereocenters. The van der Waals surface area contributed by atoms with Gasteiger partial charge in [-0.3, -0.25) is 10.1 Å². The Morgan fingerprint density at radius 1 is 1.12 bits per heavy atom. The van der Waals surface area contributed by atoms with Crippen LogP contribution in [0.3, 0.4) is 0 Å². The molecular formula is C13H16N2O2. The second-order valence-corrected chi connectivity index (χ2v) is 5.15. The fourth-order valence-electron chi connectivity index (χ4n) is 2.40. The average Bonchev–Trinajstić information content (AvgIpc) is 3.17. The van der Waals surface area contributed by atoms with E-state index in [0.717, 1.165) is 17.5 Å². The van der Waals surface area contributed by atoms with E-state index in [0.29, 0.717) is 6.04 Å². The van der Waals surface area contributed by atoms with Gasteiger partial charge in [0.1, 0.15) is 0 Å². The lowest BCUT2D eigenvalue weighted by Crippen LogP contribution is -2.24. The summed E-state index contributed by atoms with van der Waals surface area (Å²) in [6.07, 6.45) is 5.34. The molecular weight excluding hydrogens is 216 g/mol. The highest BCUT2D eigenvalue weighted by atomic mass is 16.6. The topological polar surface area (TPSA) is 55.2 Å². The van der Waals surface area contributed by atoms with E-state index in [1.165, 1.54) is 25.7 Å². The van der Waals surface area contributed by atoms with E-state index < -0.39 is 0 Å². The monoisotopic (exact) mass is 232 g/mol. The van der Waals surface area contributed by atoms with Crippen molar-refractivity contribution in [3.63, 3.8) is 0 Å².